The van der Waals surface area contributed by atoms with Gasteiger partial charge in [0.1, 0.15) is 29.4 Å². The van der Waals surface area contributed by atoms with Crippen LogP contribution in [0.25, 0.3) is 0 Å². The number of aliphatic carboxylic acids is 1. The molecule has 2 aromatic heterocycles. The van der Waals surface area contributed by atoms with Crippen molar-refractivity contribution in [3.8, 4) is 17.2 Å². The van der Waals surface area contributed by atoms with Gasteiger partial charge in [0.2, 0.25) is 0 Å². The molecule has 1 fully saturated rings. The molecule has 8 rings (SSSR count). The SMILES string of the molecule is COc1ccccc1Cn1nccc1COc1ccc2c(c1)C1(CCC(Nc3cccc(Cl)c3)(C(=O)O)CC1)[C@@H](C[C@@H](C)COc1ccnc3c1[C@H](C)CCC3)C2. The summed E-state index contributed by atoms with van der Waals surface area (Å²) in [5, 5.41) is 19.3. The third-order valence-electron chi connectivity index (χ3n) is 13.0. The number of anilines is 1. The van der Waals surface area contributed by atoms with Gasteiger partial charge in [-0.25, -0.2) is 4.79 Å². The van der Waals surface area contributed by atoms with Crippen LogP contribution in [0.2, 0.25) is 5.02 Å². The van der Waals surface area contributed by atoms with E-state index in [1.165, 1.54) is 28.8 Å². The maximum atomic E-state index is 13.1. The number of benzene rings is 3. The second-order valence-electron chi connectivity index (χ2n) is 16.6. The molecule has 0 bridgehead atoms. The van der Waals surface area contributed by atoms with Gasteiger partial charge >= 0.3 is 5.97 Å². The third kappa shape index (κ3) is 7.96. The number of rotatable bonds is 14. The second kappa shape index (κ2) is 16.5. The lowest BCUT2D eigenvalue weighted by Crippen LogP contribution is -2.53. The van der Waals surface area contributed by atoms with Crippen molar-refractivity contribution in [2.24, 2.45) is 11.8 Å². The van der Waals surface area contributed by atoms with Crippen molar-refractivity contribution in [3.63, 3.8) is 0 Å². The highest BCUT2D eigenvalue weighted by Crippen LogP contribution is 2.57. The van der Waals surface area contributed by atoms with Crippen LogP contribution in [0.4, 0.5) is 5.69 Å². The Balaban J connectivity index is 1.03. The molecule has 298 valence electrons. The van der Waals surface area contributed by atoms with E-state index in [0.717, 1.165) is 72.7 Å². The number of hydrogen-bond acceptors (Lipinski definition) is 7. The van der Waals surface area contributed by atoms with Gasteiger partial charge in [-0.15, -0.1) is 0 Å². The summed E-state index contributed by atoms with van der Waals surface area (Å²) >= 11 is 6.32. The zero-order valence-corrected chi connectivity index (χ0v) is 33.9. The van der Waals surface area contributed by atoms with Crippen molar-refractivity contribution in [1.29, 1.82) is 0 Å². The molecule has 2 heterocycles. The first-order valence-electron chi connectivity index (χ1n) is 20.4. The van der Waals surface area contributed by atoms with Crippen LogP contribution in [0.1, 0.15) is 98.4 Å². The van der Waals surface area contributed by atoms with Crippen molar-refractivity contribution < 1.29 is 24.1 Å². The van der Waals surface area contributed by atoms with Crippen LogP contribution in [0, 0.1) is 11.8 Å². The molecule has 3 aliphatic carbocycles. The first kappa shape index (κ1) is 38.8. The summed E-state index contributed by atoms with van der Waals surface area (Å²) < 4.78 is 20.7. The molecule has 3 aromatic carbocycles. The number of carbonyl (C=O) groups is 1. The smallest absolute Gasteiger partial charge is 0.329 e. The predicted octanol–water partition coefficient (Wildman–Crippen LogP) is 10.0. The van der Waals surface area contributed by atoms with Gasteiger partial charge in [0.05, 0.1) is 26.0 Å². The van der Waals surface area contributed by atoms with Gasteiger partial charge in [-0.05, 0) is 141 Å². The van der Waals surface area contributed by atoms with E-state index in [-0.39, 0.29) is 5.41 Å². The van der Waals surface area contributed by atoms with Crippen LogP contribution in [0.3, 0.4) is 0 Å². The Labute approximate surface area is 340 Å². The first-order chi connectivity index (χ1) is 27.7. The largest absolute Gasteiger partial charge is 0.496 e. The van der Waals surface area contributed by atoms with Gasteiger partial charge < -0.3 is 24.6 Å². The van der Waals surface area contributed by atoms with Gasteiger partial charge in [0.25, 0.3) is 0 Å². The van der Waals surface area contributed by atoms with Crippen LogP contribution in [0.5, 0.6) is 17.2 Å². The molecule has 1 spiro atoms. The van der Waals surface area contributed by atoms with E-state index in [1.807, 2.05) is 53.3 Å². The number of carboxylic acid groups (broad SMARTS) is 1. The lowest BCUT2D eigenvalue weighted by atomic mass is 9.59. The minimum absolute atomic E-state index is 0.200. The van der Waals surface area contributed by atoms with Crippen LogP contribution in [0.15, 0.2) is 91.3 Å². The Morgan fingerprint density at radius 1 is 1.00 bits per heavy atom. The van der Waals surface area contributed by atoms with Crippen LogP contribution in [-0.2, 0) is 36.2 Å². The molecule has 3 atom stereocenters. The maximum absolute atomic E-state index is 13.1. The maximum Gasteiger partial charge on any atom is 0.329 e. The van der Waals surface area contributed by atoms with E-state index in [4.69, 9.17) is 25.8 Å². The monoisotopic (exact) mass is 788 g/mol. The molecular weight excluding hydrogens is 736 g/mol. The number of methoxy groups -OCH3 is 1. The molecule has 57 heavy (non-hydrogen) atoms. The predicted molar refractivity (Wildman–Crippen MR) is 223 cm³/mol. The number of nitrogens with zero attached hydrogens (tertiary/aromatic N) is 3. The third-order valence-corrected chi connectivity index (χ3v) is 13.2. The number of fused-ring (bicyclic) bond motifs is 3. The van der Waals surface area contributed by atoms with Crippen LogP contribution in [-0.4, -0.2) is 45.1 Å². The molecule has 5 aromatic rings. The molecule has 0 radical (unpaired) electrons. The van der Waals surface area contributed by atoms with E-state index in [1.54, 1.807) is 25.4 Å². The van der Waals surface area contributed by atoms with Gasteiger partial charge in [-0.3, -0.25) is 9.67 Å². The number of halogens is 1. The van der Waals surface area contributed by atoms with E-state index >= 15 is 0 Å². The Kier molecular flexibility index (Phi) is 11.2. The van der Waals surface area contributed by atoms with Crippen molar-refractivity contribution in [1.82, 2.24) is 14.8 Å². The summed E-state index contributed by atoms with van der Waals surface area (Å²) in [6, 6.07) is 25.9. The highest BCUT2D eigenvalue weighted by atomic mass is 35.5. The van der Waals surface area contributed by atoms with E-state index in [0.29, 0.717) is 55.4 Å². The summed E-state index contributed by atoms with van der Waals surface area (Å²) in [6.07, 6.45) is 11.4. The summed E-state index contributed by atoms with van der Waals surface area (Å²) in [5.41, 5.74) is 6.51. The number of ether oxygens (including phenoxy) is 3. The summed E-state index contributed by atoms with van der Waals surface area (Å²) in [5.74, 6) is 2.84. The molecule has 2 N–H and O–H groups in total. The Morgan fingerprint density at radius 2 is 1.84 bits per heavy atom. The van der Waals surface area contributed by atoms with Gasteiger partial charge in [0.15, 0.2) is 0 Å². The van der Waals surface area contributed by atoms with Gasteiger partial charge in [0, 0.05) is 39.9 Å². The van der Waals surface area contributed by atoms with E-state index < -0.39 is 11.5 Å². The van der Waals surface area contributed by atoms with Crippen molar-refractivity contribution in [3.05, 3.63) is 130 Å². The zero-order valence-electron chi connectivity index (χ0n) is 33.2. The van der Waals surface area contributed by atoms with Crippen molar-refractivity contribution in [2.75, 3.05) is 19.0 Å². The molecule has 1 saturated carbocycles. The van der Waals surface area contributed by atoms with Crippen molar-refractivity contribution in [2.45, 2.75) is 102 Å². The van der Waals surface area contributed by atoms with Crippen molar-refractivity contribution >= 4 is 23.3 Å². The number of para-hydroxylation sites is 1. The second-order valence-corrected chi connectivity index (χ2v) is 17.0. The summed E-state index contributed by atoms with van der Waals surface area (Å²) in [4.78, 5) is 17.8. The molecule has 0 aliphatic heterocycles. The normalized spacial score (nSPS) is 23.0. The van der Waals surface area contributed by atoms with Gasteiger partial charge in [-0.2, -0.15) is 5.10 Å². The molecule has 10 heteroatoms. The Morgan fingerprint density at radius 3 is 2.65 bits per heavy atom. The van der Waals surface area contributed by atoms with Crippen LogP contribution >= 0.6 is 11.6 Å². The summed E-state index contributed by atoms with van der Waals surface area (Å²) in [6.45, 7) is 6.14. The summed E-state index contributed by atoms with van der Waals surface area (Å²) in [7, 11) is 1.68. The highest BCUT2D eigenvalue weighted by Gasteiger charge is 2.54. The molecule has 0 amide bonds. The average Bonchev–Trinajstić information content (AvgIpc) is 3.78. The fourth-order valence-corrected chi connectivity index (χ4v) is 10.1. The molecule has 3 aliphatic rings. The number of carboxylic acids is 1. The Bertz CT molecular complexity index is 2210. The molecule has 0 unspecified atom stereocenters. The Hall–Kier alpha value is -5.02. The molecular formula is C47H53ClN4O5. The standard InChI is InChI=1S/C47H53ClN4O5/c1-31(29-57-43-17-22-49-41-12-6-8-32(2)44(41)43)24-35-25-33-14-15-39(56-30-38-16-23-50-52(38)28-34-9-4-5-13-42(34)55-3)27-40(33)46(35)18-20-47(21-19-46,45(53)54)51-37-11-7-10-36(48)26-37/h4-5,7,9-11,13-17,22-23,26-27,31-32,35,51H,6,8,12,18-21,24-25,28-30H2,1-3H3,(H,53,54)/t31-,32-,35+,46?,47?/m1/s1. The average molecular weight is 789 g/mol. The number of aryl methyl sites for hydroxylation is 1. The minimum Gasteiger partial charge on any atom is -0.496 e. The highest BCUT2D eigenvalue weighted by molar-refractivity contribution is 6.30. The number of nitrogens with one attached hydrogen (secondary N) is 1. The first-order valence-corrected chi connectivity index (χ1v) is 20.8. The number of pyridine rings is 1. The topological polar surface area (TPSA) is 108 Å². The van der Waals surface area contributed by atoms with E-state index in [2.05, 4.69) is 53.5 Å². The molecule has 9 nitrogen and oxygen atoms in total. The lowest BCUT2D eigenvalue weighted by molar-refractivity contribution is -0.144. The zero-order chi connectivity index (χ0) is 39.6. The lowest BCUT2D eigenvalue weighted by Gasteiger charge is -2.47. The van der Waals surface area contributed by atoms with Gasteiger partial charge in [-0.1, -0.05) is 55.8 Å². The fourth-order valence-electron chi connectivity index (χ4n) is 9.94. The quantitative estimate of drug-likeness (QED) is 0.115. The van der Waals surface area contributed by atoms with E-state index in [9.17, 15) is 9.90 Å². The van der Waals surface area contributed by atoms with Crippen LogP contribution < -0.4 is 19.5 Å². The number of hydrogen-bond donors (Lipinski definition) is 2. The minimum atomic E-state index is -1.09. The molecule has 0 saturated heterocycles. The number of aromatic nitrogens is 3. The fraction of sp³-hybridized carbons (Fsp3) is 0.426.